The highest BCUT2D eigenvalue weighted by molar-refractivity contribution is 6.09. The van der Waals surface area contributed by atoms with Crippen molar-refractivity contribution >= 4 is 50.4 Å². The number of amides is 1. The second-order valence-electron chi connectivity index (χ2n) is 9.96. The first-order valence-corrected chi connectivity index (χ1v) is 12.8. The molecule has 0 saturated heterocycles. The SMILES string of the molecule is COc1cc2c(cc1NC(=O)[C@@H](C)OC(=O)c1c3c(nc4ccccc14)CC[C@H](C)C3)oc1ccccc12. The van der Waals surface area contributed by atoms with E-state index in [0.717, 1.165) is 57.8 Å². The first kappa shape index (κ1) is 24.0. The fourth-order valence-electron chi connectivity index (χ4n) is 5.32. The van der Waals surface area contributed by atoms with Crippen LogP contribution in [-0.2, 0) is 22.4 Å². The lowest BCUT2D eigenvalue weighted by Gasteiger charge is -2.24. The van der Waals surface area contributed by atoms with Crippen LogP contribution in [0.2, 0.25) is 0 Å². The summed E-state index contributed by atoms with van der Waals surface area (Å²) in [6.07, 6.45) is 1.57. The Bertz CT molecular complexity index is 1720. The number of carbonyl (C=O) groups excluding carboxylic acids is 2. The maximum atomic E-state index is 13.5. The van der Waals surface area contributed by atoms with Gasteiger partial charge < -0.3 is 19.2 Å². The minimum absolute atomic E-state index is 0.438. The summed E-state index contributed by atoms with van der Waals surface area (Å²) in [6.45, 7) is 3.74. The summed E-state index contributed by atoms with van der Waals surface area (Å²) in [5, 5.41) is 5.44. The zero-order valence-corrected chi connectivity index (χ0v) is 21.5. The standard InChI is InChI=1S/C31H28N2O5/c1-17-12-13-24-22(14-17)29(20-9-4-6-10-23(20)32-24)31(35)37-18(2)30(34)33-25-16-27-21(15-28(25)36-3)19-8-5-7-11-26(19)38-27/h4-11,15-18H,12-14H2,1-3H3,(H,33,34)/t17-,18+/m0/s1. The van der Waals surface area contributed by atoms with E-state index in [0.29, 0.717) is 28.5 Å². The summed E-state index contributed by atoms with van der Waals surface area (Å²) in [7, 11) is 1.54. The van der Waals surface area contributed by atoms with E-state index in [4.69, 9.17) is 18.9 Å². The van der Waals surface area contributed by atoms with Gasteiger partial charge in [0, 0.05) is 27.9 Å². The number of ether oxygens (including phenoxy) is 2. The Hall–Kier alpha value is -4.39. The Morgan fingerprint density at radius 3 is 2.61 bits per heavy atom. The van der Waals surface area contributed by atoms with Gasteiger partial charge in [0.1, 0.15) is 16.9 Å². The molecule has 0 aliphatic heterocycles. The molecule has 1 N–H and O–H groups in total. The number of esters is 1. The van der Waals surface area contributed by atoms with Gasteiger partial charge in [-0.2, -0.15) is 0 Å². The number of aromatic nitrogens is 1. The summed E-state index contributed by atoms with van der Waals surface area (Å²) < 4.78 is 17.3. The smallest absolute Gasteiger partial charge is 0.339 e. The summed E-state index contributed by atoms with van der Waals surface area (Å²) >= 11 is 0. The van der Waals surface area contributed by atoms with Crippen molar-refractivity contribution in [2.45, 2.75) is 39.2 Å². The van der Waals surface area contributed by atoms with E-state index in [1.165, 1.54) is 0 Å². The van der Waals surface area contributed by atoms with Crippen LogP contribution in [0.25, 0.3) is 32.8 Å². The first-order chi connectivity index (χ1) is 18.4. The van der Waals surface area contributed by atoms with Gasteiger partial charge in [0.05, 0.1) is 23.9 Å². The van der Waals surface area contributed by atoms with Crippen molar-refractivity contribution in [2.75, 3.05) is 12.4 Å². The molecule has 5 aromatic rings. The lowest BCUT2D eigenvalue weighted by molar-refractivity contribution is -0.123. The highest BCUT2D eigenvalue weighted by atomic mass is 16.5. The third-order valence-corrected chi connectivity index (χ3v) is 7.32. The van der Waals surface area contributed by atoms with Crippen molar-refractivity contribution in [3.63, 3.8) is 0 Å². The predicted molar refractivity (Wildman–Crippen MR) is 147 cm³/mol. The van der Waals surface area contributed by atoms with E-state index in [9.17, 15) is 9.59 Å². The molecule has 1 amide bonds. The number of rotatable bonds is 5. The zero-order valence-electron chi connectivity index (χ0n) is 21.5. The molecule has 0 fully saturated rings. The number of carbonyl (C=O) groups is 2. The van der Waals surface area contributed by atoms with Crippen molar-refractivity contribution in [2.24, 2.45) is 5.92 Å². The van der Waals surface area contributed by atoms with Crippen molar-refractivity contribution in [1.29, 1.82) is 0 Å². The Balaban J connectivity index is 1.28. The number of anilines is 1. The Labute approximate surface area is 219 Å². The normalized spacial score (nSPS) is 15.8. The van der Waals surface area contributed by atoms with Crippen LogP contribution < -0.4 is 10.1 Å². The highest BCUT2D eigenvalue weighted by Gasteiger charge is 2.28. The second-order valence-corrected chi connectivity index (χ2v) is 9.96. The maximum Gasteiger partial charge on any atom is 0.339 e. The number of methoxy groups -OCH3 is 1. The summed E-state index contributed by atoms with van der Waals surface area (Å²) in [6, 6.07) is 18.9. The average molecular weight is 509 g/mol. The number of hydrogen-bond donors (Lipinski definition) is 1. The van der Waals surface area contributed by atoms with Gasteiger partial charge in [-0.1, -0.05) is 43.3 Å². The number of fused-ring (bicyclic) bond motifs is 5. The predicted octanol–water partition coefficient (Wildman–Crippen LogP) is 6.45. The van der Waals surface area contributed by atoms with Crippen LogP contribution in [0.15, 0.2) is 65.1 Å². The molecule has 3 aromatic carbocycles. The van der Waals surface area contributed by atoms with Gasteiger partial charge in [0.25, 0.3) is 5.91 Å². The number of nitrogens with zero attached hydrogens (tertiary/aromatic N) is 1. The third kappa shape index (κ3) is 4.14. The van der Waals surface area contributed by atoms with Crippen LogP contribution in [0.3, 0.4) is 0 Å². The molecular weight excluding hydrogens is 480 g/mol. The number of furan rings is 1. The second kappa shape index (κ2) is 9.49. The molecule has 0 bridgehead atoms. The molecule has 38 heavy (non-hydrogen) atoms. The van der Waals surface area contributed by atoms with E-state index in [2.05, 4.69) is 12.2 Å². The first-order valence-electron chi connectivity index (χ1n) is 12.8. The fraction of sp³-hybridized carbons (Fsp3) is 0.258. The Morgan fingerprint density at radius 2 is 1.79 bits per heavy atom. The van der Waals surface area contributed by atoms with Crippen LogP contribution >= 0.6 is 0 Å². The Morgan fingerprint density at radius 1 is 1.03 bits per heavy atom. The molecule has 6 rings (SSSR count). The lowest BCUT2D eigenvalue weighted by atomic mass is 9.84. The summed E-state index contributed by atoms with van der Waals surface area (Å²) in [4.78, 5) is 31.5. The molecular formula is C31H28N2O5. The lowest BCUT2D eigenvalue weighted by Crippen LogP contribution is -2.31. The van der Waals surface area contributed by atoms with Crippen LogP contribution in [0, 0.1) is 5.92 Å². The third-order valence-electron chi connectivity index (χ3n) is 7.32. The number of hydrogen-bond acceptors (Lipinski definition) is 6. The molecule has 0 saturated carbocycles. The molecule has 0 unspecified atom stereocenters. The molecule has 1 aliphatic rings. The maximum absolute atomic E-state index is 13.5. The number of benzene rings is 3. The van der Waals surface area contributed by atoms with Gasteiger partial charge >= 0.3 is 5.97 Å². The highest BCUT2D eigenvalue weighted by Crippen LogP contribution is 2.37. The van der Waals surface area contributed by atoms with Crippen LogP contribution in [0.1, 0.15) is 41.9 Å². The molecule has 2 heterocycles. The quantitative estimate of drug-likeness (QED) is 0.274. The number of pyridine rings is 1. The van der Waals surface area contributed by atoms with Gasteiger partial charge in [-0.25, -0.2) is 4.79 Å². The molecule has 0 radical (unpaired) electrons. The largest absolute Gasteiger partial charge is 0.495 e. The zero-order chi connectivity index (χ0) is 26.4. The monoisotopic (exact) mass is 508 g/mol. The van der Waals surface area contributed by atoms with Crippen molar-refractivity contribution in [3.8, 4) is 5.75 Å². The molecule has 2 atom stereocenters. The van der Waals surface area contributed by atoms with Gasteiger partial charge in [0.2, 0.25) is 0 Å². The van der Waals surface area contributed by atoms with E-state index in [-0.39, 0.29) is 0 Å². The topological polar surface area (TPSA) is 90.7 Å². The van der Waals surface area contributed by atoms with Crippen molar-refractivity contribution in [1.82, 2.24) is 4.98 Å². The molecule has 7 nitrogen and oxygen atoms in total. The van der Waals surface area contributed by atoms with Crippen LogP contribution in [0.4, 0.5) is 5.69 Å². The van der Waals surface area contributed by atoms with E-state index >= 15 is 0 Å². The van der Waals surface area contributed by atoms with Gasteiger partial charge in [-0.3, -0.25) is 9.78 Å². The minimum atomic E-state index is -1.04. The van der Waals surface area contributed by atoms with Crippen LogP contribution in [0.5, 0.6) is 5.75 Å². The summed E-state index contributed by atoms with van der Waals surface area (Å²) in [5.41, 5.74) is 4.94. The fourth-order valence-corrected chi connectivity index (χ4v) is 5.32. The summed E-state index contributed by atoms with van der Waals surface area (Å²) in [5.74, 6) is -0.0542. The molecule has 1 aliphatic carbocycles. The van der Waals surface area contributed by atoms with Gasteiger partial charge in [0.15, 0.2) is 6.10 Å². The molecule has 192 valence electrons. The molecule has 7 heteroatoms. The minimum Gasteiger partial charge on any atom is -0.495 e. The molecule has 2 aromatic heterocycles. The van der Waals surface area contributed by atoms with Crippen LogP contribution in [-0.4, -0.2) is 30.1 Å². The van der Waals surface area contributed by atoms with E-state index in [1.54, 1.807) is 20.1 Å². The number of aryl methyl sites for hydroxylation is 1. The van der Waals surface area contributed by atoms with Crippen molar-refractivity contribution < 1.29 is 23.5 Å². The Kier molecular flexibility index (Phi) is 5.98. The molecule has 0 spiro atoms. The van der Waals surface area contributed by atoms with Gasteiger partial charge in [-0.05, 0) is 55.9 Å². The average Bonchev–Trinajstić information content (AvgIpc) is 3.28. The van der Waals surface area contributed by atoms with Crippen molar-refractivity contribution in [3.05, 3.63) is 77.5 Å². The number of nitrogens with one attached hydrogen (secondary N) is 1. The number of para-hydroxylation sites is 2. The van der Waals surface area contributed by atoms with Gasteiger partial charge in [-0.15, -0.1) is 0 Å². The van der Waals surface area contributed by atoms with E-state index in [1.807, 2.05) is 54.6 Å². The van der Waals surface area contributed by atoms with E-state index < -0.39 is 18.0 Å².